The van der Waals surface area contributed by atoms with E-state index in [1.807, 2.05) is 6.92 Å². The monoisotopic (exact) mass is 424 g/mol. The van der Waals surface area contributed by atoms with E-state index in [2.05, 4.69) is 5.32 Å². The molecule has 0 aliphatic carbocycles. The Hall–Kier alpha value is -3.07. The van der Waals surface area contributed by atoms with Gasteiger partial charge in [-0.05, 0) is 49.7 Å². The molecule has 30 heavy (non-hydrogen) atoms. The highest BCUT2D eigenvalue weighted by Crippen LogP contribution is 2.31. The quantitative estimate of drug-likeness (QED) is 0.410. The fourth-order valence-corrected chi connectivity index (χ4v) is 2.78. The number of methoxy groups -OCH3 is 1. The zero-order valence-electron chi connectivity index (χ0n) is 17.2. The number of halogens is 2. The first kappa shape index (κ1) is 23.2. The number of ether oxygens (including phenoxy) is 3. The summed E-state index contributed by atoms with van der Waals surface area (Å²) in [6.07, 6.45) is -2.61. The number of rotatable bonds is 11. The summed E-state index contributed by atoms with van der Waals surface area (Å²) in [5, 5.41) is 14.1. The minimum Gasteiger partial charge on any atom is -0.493 e. The lowest BCUT2D eigenvalue weighted by Gasteiger charge is -2.22. The lowest BCUT2D eigenvalue weighted by molar-refractivity contribution is 0.0526. The van der Waals surface area contributed by atoms with Gasteiger partial charge in [0.25, 0.3) is 6.43 Å². The Morgan fingerprint density at radius 1 is 1.13 bits per heavy atom. The van der Waals surface area contributed by atoms with Crippen LogP contribution in [0.3, 0.4) is 0 Å². The molecule has 0 aromatic heterocycles. The highest BCUT2D eigenvalue weighted by molar-refractivity contribution is 5.92. The van der Waals surface area contributed by atoms with Gasteiger partial charge in [0.2, 0.25) is 0 Å². The highest BCUT2D eigenvalue weighted by atomic mass is 19.3. The SMILES string of the molecule is CCOC(=O)c1ccc(N(O)Cc2ccc(OC)c(OCC)c2)c(NCC(F)F)c1. The first-order chi connectivity index (χ1) is 14.4. The lowest BCUT2D eigenvalue weighted by atomic mass is 10.1. The minimum absolute atomic E-state index is 0.0478. The van der Waals surface area contributed by atoms with Crippen molar-refractivity contribution < 1.29 is 33.0 Å². The van der Waals surface area contributed by atoms with Gasteiger partial charge in [-0.2, -0.15) is 0 Å². The Bertz CT molecular complexity index is 848. The molecular formula is C21H26F2N2O5. The van der Waals surface area contributed by atoms with Crippen molar-refractivity contribution in [2.24, 2.45) is 0 Å². The summed E-state index contributed by atoms with van der Waals surface area (Å²) in [6, 6.07) is 9.50. The van der Waals surface area contributed by atoms with Crippen LogP contribution in [0.25, 0.3) is 0 Å². The van der Waals surface area contributed by atoms with Crippen molar-refractivity contribution in [3.05, 3.63) is 47.5 Å². The van der Waals surface area contributed by atoms with Crippen molar-refractivity contribution in [2.75, 3.05) is 37.2 Å². The van der Waals surface area contributed by atoms with Crippen LogP contribution < -0.4 is 19.9 Å². The molecule has 0 aliphatic rings. The number of nitrogens with zero attached hydrogens (tertiary/aromatic N) is 1. The fraction of sp³-hybridized carbons (Fsp3) is 0.381. The first-order valence-electron chi connectivity index (χ1n) is 9.48. The van der Waals surface area contributed by atoms with Crippen molar-refractivity contribution in [1.82, 2.24) is 0 Å². The van der Waals surface area contributed by atoms with E-state index in [9.17, 15) is 18.8 Å². The van der Waals surface area contributed by atoms with Crippen molar-refractivity contribution in [3.8, 4) is 11.5 Å². The van der Waals surface area contributed by atoms with Gasteiger partial charge in [-0.3, -0.25) is 10.3 Å². The number of nitrogens with one attached hydrogen (secondary N) is 1. The summed E-state index contributed by atoms with van der Waals surface area (Å²) in [4.78, 5) is 12.0. The molecule has 0 amide bonds. The maximum absolute atomic E-state index is 12.7. The third-order valence-electron chi connectivity index (χ3n) is 4.09. The van der Waals surface area contributed by atoms with Gasteiger partial charge >= 0.3 is 5.97 Å². The molecule has 0 atom stereocenters. The maximum Gasteiger partial charge on any atom is 0.338 e. The molecular weight excluding hydrogens is 398 g/mol. The third kappa shape index (κ3) is 6.21. The van der Waals surface area contributed by atoms with Gasteiger partial charge in [0.1, 0.15) is 0 Å². The number of hydroxylamine groups is 1. The molecule has 0 bridgehead atoms. The third-order valence-corrected chi connectivity index (χ3v) is 4.09. The van der Waals surface area contributed by atoms with Gasteiger partial charge < -0.3 is 19.5 Å². The maximum atomic E-state index is 12.7. The molecule has 7 nitrogen and oxygen atoms in total. The summed E-state index contributed by atoms with van der Waals surface area (Å²) in [5.74, 6) is 0.507. The molecule has 0 radical (unpaired) electrons. The predicted octanol–water partition coefficient (Wildman–Crippen LogP) is 4.34. The van der Waals surface area contributed by atoms with Crippen LogP contribution in [0.2, 0.25) is 0 Å². The number of hydrogen-bond donors (Lipinski definition) is 2. The van der Waals surface area contributed by atoms with Crippen LogP contribution in [0.4, 0.5) is 20.2 Å². The van der Waals surface area contributed by atoms with E-state index in [1.54, 1.807) is 25.1 Å². The molecule has 2 aromatic carbocycles. The molecule has 0 spiro atoms. The Balaban J connectivity index is 2.29. The molecule has 0 heterocycles. The number of esters is 1. The number of alkyl halides is 2. The Morgan fingerprint density at radius 3 is 2.53 bits per heavy atom. The van der Waals surface area contributed by atoms with Crippen LogP contribution in [0, 0.1) is 0 Å². The van der Waals surface area contributed by atoms with Gasteiger partial charge in [-0.1, -0.05) is 6.07 Å². The topological polar surface area (TPSA) is 80.3 Å². The molecule has 0 saturated carbocycles. The van der Waals surface area contributed by atoms with Gasteiger partial charge in [-0.15, -0.1) is 0 Å². The number of benzene rings is 2. The van der Waals surface area contributed by atoms with Crippen LogP contribution in [0.15, 0.2) is 36.4 Å². The number of carbonyl (C=O) groups excluding carboxylic acids is 1. The van der Waals surface area contributed by atoms with Crippen LogP contribution >= 0.6 is 0 Å². The normalized spacial score (nSPS) is 10.6. The molecule has 2 N–H and O–H groups in total. The molecule has 0 fully saturated rings. The second-order valence-corrected chi connectivity index (χ2v) is 6.20. The Kier molecular flexibility index (Phi) is 8.67. The van der Waals surface area contributed by atoms with Crippen LogP contribution in [-0.4, -0.2) is 44.5 Å². The van der Waals surface area contributed by atoms with E-state index in [0.717, 1.165) is 5.06 Å². The molecule has 2 aromatic rings. The molecule has 0 saturated heterocycles. The summed E-state index contributed by atoms with van der Waals surface area (Å²) in [5.41, 5.74) is 1.31. The van der Waals surface area contributed by atoms with Gasteiger partial charge in [0.05, 0.1) is 50.4 Å². The average molecular weight is 424 g/mol. The van der Waals surface area contributed by atoms with Crippen molar-refractivity contribution in [2.45, 2.75) is 26.8 Å². The predicted molar refractivity (Wildman–Crippen MR) is 109 cm³/mol. The lowest BCUT2D eigenvalue weighted by Crippen LogP contribution is -2.21. The highest BCUT2D eigenvalue weighted by Gasteiger charge is 2.16. The van der Waals surface area contributed by atoms with E-state index < -0.39 is 18.9 Å². The Labute approximate surface area is 174 Å². The average Bonchev–Trinajstić information content (AvgIpc) is 2.72. The van der Waals surface area contributed by atoms with E-state index in [-0.39, 0.29) is 30.1 Å². The number of hydrogen-bond acceptors (Lipinski definition) is 7. The second kappa shape index (κ2) is 11.2. The Morgan fingerprint density at radius 2 is 1.90 bits per heavy atom. The van der Waals surface area contributed by atoms with Gasteiger partial charge in [0, 0.05) is 0 Å². The largest absolute Gasteiger partial charge is 0.493 e. The fourth-order valence-electron chi connectivity index (χ4n) is 2.78. The van der Waals surface area contributed by atoms with E-state index >= 15 is 0 Å². The van der Waals surface area contributed by atoms with Crippen molar-refractivity contribution >= 4 is 17.3 Å². The standard InChI is InChI=1S/C21H26F2N2O5/c1-4-29-19-10-14(6-9-18(19)28-3)13-25(27)17-8-7-15(21(26)30-5-2)11-16(17)24-12-20(22)23/h6-11,20,24,27H,4-5,12-13H2,1-3H3. The summed E-state index contributed by atoms with van der Waals surface area (Å²) in [7, 11) is 1.53. The van der Waals surface area contributed by atoms with Crippen LogP contribution in [0.5, 0.6) is 11.5 Å². The summed E-state index contributed by atoms with van der Waals surface area (Å²) in [6.45, 7) is 3.56. The number of anilines is 2. The van der Waals surface area contributed by atoms with Crippen LogP contribution in [0.1, 0.15) is 29.8 Å². The number of carbonyl (C=O) groups is 1. The smallest absolute Gasteiger partial charge is 0.338 e. The minimum atomic E-state index is -2.61. The summed E-state index contributed by atoms with van der Waals surface area (Å²) >= 11 is 0. The van der Waals surface area contributed by atoms with Crippen molar-refractivity contribution in [3.63, 3.8) is 0 Å². The second-order valence-electron chi connectivity index (χ2n) is 6.20. The van der Waals surface area contributed by atoms with Gasteiger partial charge in [-0.25, -0.2) is 13.6 Å². The first-order valence-corrected chi connectivity index (χ1v) is 9.48. The molecule has 0 aliphatic heterocycles. The zero-order chi connectivity index (χ0) is 22.1. The van der Waals surface area contributed by atoms with E-state index in [1.165, 1.54) is 25.3 Å². The molecule has 164 valence electrons. The zero-order valence-corrected chi connectivity index (χ0v) is 17.2. The molecule has 0 unspecified atom stereocenters. The van der Waals surface area contributed by atoms with Crippen molar-refractivity contribution in [1.29, 1.82) is 0 Å². The van der Waals surface area contributed by atoms with E-state index in [4.69, 9.17) is 14.2 Å². The molecule has 9 heteroatoms. The molecule has 2 rings (SSSR count). The summed E-state index contributed by atoms with van der Waals surface area (Å²) < 4.78 is 41.2. The van der Waals surface area contributed by atoms with Crippen LogP contribution in [-0.2, 0) is 11.3 Å². The van der Waals surface area contributed by atoms with Gasteiger partial charge in [0.15, 0.2) is 11.5 Å². The van der Waals surface area contributed by atoms with E-state index in [0.29, 0.717) is 23.7 Å².